The Labute approximate surface area is 150 Å². The number of aromatic carboxylic acids is 1. The molecule has 1 heterocycles. The van der Waals surface area contributed by atoms with Crippen molar-refractivity contribution in [2.45, 2.75) is 0 Å². The van der Waals surface area contributed by atoms with Crippen LogP contribution in [0.1, 0.15) is 20.8 Å². The third kappa shape index (κ3) is 4.47. The molecule has 0 spiro atoms. The van der Waals surface area contributed by atoms with E-state index in [9.17, 15) is 9.59 Å². The number of carbonyl (C=O) groups excluding carboxylic acids is 1. The number of nitrogens with two attached hydrogens (primary N) is 1. The number of hydrogen-bond acceptors (Lipinski definition) is 5. The zero-order chi connectivity index (χ0) is 19.1. The van der Waals surface area contributed by atoms with Gasteiger partial charge in [-0.15, -0.1) is 0 Å². The van der Waals surface area contributed by atoms with Crippen molar-refractivity contribution in [3.63, 3.8) is 0 Å². The van der Waals surface area contributed by atoms with Gasteiger partial charge in [-0.05, 0) is 24.3 Å². The first-order valence-electron chi connectivity index (χ1n) is 7.57. The van der Waals surface area contributed by atoms with Crippen LogP contribution in [0.2, 0.25) is 0 Å². The molecule has 1 aromatic heterocycles. The van der Waals surface area contributed by atoms with Gasteiger partial charge in [0.05, 0.1) is 25.3 Å². The molecule has 3 N–H and O–H groups in total. The molecular weight excluding hydrogens is 336 g/mol. The van der Waals surface area contributed by atoms with E-state index in [-0.39, 0.29) is 5.69 Å². The number of carboxylic acid groups (broad SMARTS) is 1. The van der Waals surface area contributed by atoms with E-state index in [1.165, 1.54) is 13.2 Å². The van der Waals surface area contributed by atoms with Crippen LogP contribution < -0.4 is 15.2 Å². The van der Waals surface area contributed by atoms with Gasteiger partial charge in [-0.1, -0.05) is 24.3 Å². The van der Waals surface area contributed by atoms with Crippen LogP contribution in [0.5, 0.6) is 11.5 Å². The molecule has 0 atom stereocenters. The first-order chi connectivity index (χ1) is 12.5. The SMILES string of the molecule is COc1ccc(C(N)=O)c(OC)c1.O=C(O)c1ccc2ccccc2n1. The first-order valence-corrected chi connectivity index (χ1v) is 7.57. The second-order valence-corrected chi connectivity index (χ2v) is 5.12. The van der Waals surface area contributed by atoms with E-state index < -0.39 is 11.9 Å². The number of fused-ring (bicyclic) bond motifs is 1. The molecule has 0 radical (unpaired) electrons. The summed E-state index contributed by atoms with van der Waals surface area (Å²) in [5, 5.41) is 9.63. The van der Waals surface area contributed by atoms with Crippen LogP contribution in [0.15, 0.2) is 54.6 Å². The van der Waals surface area contributed by atoms with Crippen molar-refractivity contribution in [2.24, 2.45) is 5.73 Å². The number of nitrogens with zero attached hydrogens (tertiary/aromatic N) is 1. The lowest BCUT2D eigenvalue weighted by Gasteiger charge is -2.06. The van der Waals surface area contributed by atoms with E-state index in [2.05, 4.69) is 4.98 Å². The fraction of sp³-hybridized carbons (Fsp3) is 0.105. The summed E-state index contributed by atoms with van der Waals surface area (Å²) in [6.07, 6.45) is 0. The van der Waals surface area contributed by atoms with Crippen molar-refractivity contribution in [3.8, 4) is 11.5 Å². The molecule has 0 aliphatic rings. The summed E-state index contributed by atoms with van der Waals surface area (Å²) in [4.78, 5) is 25.4. The van der Waals surface area contributed by atoms with E-state index in [1.54, 1.807) is 37.4 Å². The van der Waals surface area contributed by atoms with Crippen LogP contribution in [0, 0.1) is 0 Å². The second kappa shape index (κ2) is 8.48. The highest BCUT2D eigenvalue weighted by Crippen LogP contribution is 2.23. The maximum atomic E-state index is 10.9. The van der Waals surface area contributed by atoms with Crippen molar-refractivity contribution in [2.75, 3.05) is 14.2 Å². The number of para-hydroxylation sites is 1. The fourth-order valence-corrected chi connectivity index (χ4v) is 2.19. The summed E-state index contributed by atoms with van der Waals surface area (Å²) < 4.78 is 9.93. The number of rotatable bonds is 4. The van der Waals surface area contributed by atoms with E-state index in [0.29, 0.717) is 22.6 Å². The molecule has 7 heteroatoms. The molecule has 0 saturated carbocycles. The lowest BCUT2D eigenvalue weighted by atomic mass is 10.2. The number of ether oxygens (including phenoxy) is 2. The van der Waals surface area contributed by atoms with Gasteiger partial charge in [0.25, 0.3) is 5.91 Å². The number of primary amides is 1. The molecule has 3 aromatic rings. The molecule has 1 amide bonds. The second-order valence-electron chi connectivity index (χ2n) is 5.12. The lowest BCUT2D eigenvalue weighted by molar-refractivity contribution is 0.0690. The number of carboxylic acids is 1. The molecule has 0 aliphatic heterocycles. The number of aromatic nitrogens is 1. The number of methoxy groups -OCH3 is 2. The summed E-state index contributed by atoms with van der Waals surface area (Å²) in [7, 11) is 3.01. The van der Waals surface area contributed by atoms with Crippen LogP contribution in [0.4, 0.5) is 0 Å². The molecule has 0 saturated heterocycles. The molecule has 2 aromatic carbocycles. The van der Waals surface area contributed by atoms with Crippen molar-refractivity contribution in [3.05, 3.63) is 65.9 Å². The average molecular weight is 354 g/mol. The van der Waals surface area contributed by atoms with E-state index in [0.717, 1.165) is 5.39 Å². The Bertz CT molecular complexity index is 940. The molecule has 0 unspecified atom stereocenters. The molecule has 3 rings (SSSR count). The minimum atomic E-state index is -0.995. The topological polar surface area (TPSA) is 112 Å². The lowest BCUT2D eigenvalue weighted by Crippen LogP contribution is -2.12. The normalized spacial score (nSPS) is 9.77. The van der Waals surface area contributed by atoms with Crippen molar-refractivity contribution >= 4 is 22.8 Å². The van der Waals surface area contributed by atoms with Crippen LogP contribution in [-0.2, 0) is 0 Å². The summed E-state index contributed by atoms with van der Waals surface area (Å²) in [6, 6.07) is 15.5. The Kier molecular flexibility index (Phi) is 6.10. The summed E-state index contributed by atoms with van der Waals surface area (Å²) in [6.45, 7) is 0. The van der Waals surface area contributed by atoms with Gasteiger partial charge in [-0.25, -0.2) is 9.78 Å². The standard InChI is InChI=1S/C10H7NO2.C9H11NO3/c12-10(13)9-6-5-7-3-1-2-4-8(7)11-9;1-12-6-3-4-7(9(10)11)8(5-6)13-2/h1-6H,(H,12,13);3-5H,1-2H3,(H2,10,11). The van der Waals surface area contributed by atoms with Gasteiger partial charge in [0.15, 0.2) is 0 Å². The molecular formula is C19H18N2O5. The largest absolute Gasteiger partial charge is 0.497 e. The number of amides is 1. The highest BCUT2D eigenvalue weighted by molar-refractivity contribution is 5.95. The van der Waals surface area contributed by atoms with Crippen LogP contribution >= 0.6 is 0 Å². The number of carbonyl (C=O) groups is 2. The third-order valence-electron chi connectivity index (χ3n) is 3.49. The van der Waals surface area contributed by atoms with Gasteiger partial charge in [0.2, 0.25) is 0 Å². The monoisotopic (exact) mass is 354 g/mol. The quantitative estimate of drug-likeness (QED) is 0.745. The molecule has 0 aliphatic carbocycles. The smallest absolute Gasteiger partial charge is 0.354 e. The van der Waals surface area contributed by atoms with E-state index in [4.69, 9.17) is 20.3 Å². The maximum Gasteiger partial charge on any atom is 0.354 e. The van der Waals surface area contributed by atoms with Crippen LogP contribution in [0.3, 0.4) is 0 Å². The summed E-state index contributed by atoms with van der Waals surface area (Å²) >= 11 is 0. The molecule has 7 nitrogen and oxygen atoms in total. The van der Waals surface area contributed by atoms with E-state index in [1.807, 2.05) is 18.2 Å². The van der Waals surface area contributed by atoms with Crippen LogP contribution in [0.25, 0.3) is 10.9 Å². The first kappa shape index (κ1) is 18.7. The molecule has 134 valence electrons. The van der Waals surface area contributed by atoms with Gasteiger partial charge in [-0.3, -0.25) is 4.79 Å². The number of hydrogen-bond donors (Lipinski definition) is 2. The predicted octanol–water partition coefficient (Wildman–Crippen LogP) is 2.74. The zero-order valence-corrected chi connectivity index (χ0v) is 14.3. The van der Waals surface area contributed by atoms with Gasteiger partial charge >= 0.3 is 5.97 Å². The minimum Gasteiger partial charge on any atom is -0.497 e. The van der Waals surface area contributed by atoms with Crippen molar-refractivity contribution < 1.29 is 24.2 Å². The van der Waals surface area contributed by atoms with Gasteiger partial charge in [-0.2, -0.15) is 0 Å². The average Bonchev–Trinajstić information content (AvgIpc) is 2.67. The van der Waals surface area contributed by atoms with Gasteiger partial charge < -0.3 is 20.3 Å². The molecule has 0 fully saturated rings. The Morgan fingerprint density at radius 3 is 2.35 bits per heavy atom. The highest BCUT2D eigenvalue weighted by Gasteiger charge is 2.09. The Balaban J connectivity index is 0.000000187. The Morgan fingerprint density at radius 1 is 1.00 bits per heavy atom. The van der Waals surface area contributed by atoms with Crippen molar-refractivity contribution in [1.82, 2.24) is 4.98 Å². The van der Waals surface area contributed by atoms with Gasteiger partial charge in [0.1, 0.15) is 17.2 Å². The Morgan fingerprint density at radius 2 is 1.73 bits per heavy atom. The Hall–Kier alpha value is -3.61. The van der Waals surface area contributed by atoms with Crippen LogP contribution in [-0.4, -0.2) is 36.2 Å². The fourth-order valence-electron chi connectivity index (χ4n) is 2.19. The predicted molar refractivity (Wildman–Crippen MR) is 96.8 cm³/mol. The van der Waals surface area contributed by atoms with Crippen molar-refractivity contribution in [1.29, 1.82) is 0 Å². The number of pyridine rings is 1. The molecule has 0 bridgehead atoms. The number of benzene rings is 2. The zero-order valence-electron chi connectivity index (χ0n) is 14.3. The third-order valence-corrected chi connectivity index (χ3v) is 3.49. The summed E-state index contributed by atoms with van der Waals surface area (Å²) in [5.41, 5.74) is 6.26. The summed E-state index contributed by atoms with van der Waals surface area (Å²) in [5.74, 6) is -0.459. The maximum absolute atomic E-state index is 10.9. The highest BCUT2D eigenvalue weighted by atomic mass is 16.5. The molecule has 26 heavy (non-hydrogen) atoms. The van der Waals surface area contributed by atoms with Gasteiger partial charge in [0, 0.05) is 11.5 Å². The minimum absolute atomic E-state index is 0.0821. The van der Waals surface area contributed by atoms with E-state index >= 15 is 0 Å².